The van der Waals surface area contributed by atoms with Gasteiger partial charge in [0.2, 0.25) is 0 Å². The molecule has 0 amide bonds. The molecular formula is C14H16O4. The molecule has 0 saturated carbocycles. The lowest BCUT2D eigenvalue weighted by atomic mass is 9.75. The molecule has 1 aliphatic heterocycles. The largest absolute Gasteiger partial charge is 0.480 e. The summed E-state index contributed by atoms with van der Waals surface area (Å²) in [5.74, 6) is -1.32. The molecule has 1 fully saturated rings. The van der Waals surface area contributed by atoms with Crippen LogP contribution in [0.15, 0.2) is 24.3 Å². The lowest BCUT2D eigenvalue weighted by Gasteiger charge is -2.32. The molecule has 1 aromatic carbocycles. The zero-order valence-electron chi connectivity index (χ0n) is 10.3. The highest BCUT2D eigenvalue weighted by Crippen LogP contribution is 2.31. The van der Waals surface area contributed by atoms with E-state index in [0.29, 0.717) is 6.61 Å². The summed E-state index contributed by atoms with van der Waals surface area (Å²) < 4.78 is 5.23. The maximum absolute atomic E-state index is 12.0. The van der Waals surface area contributed by atoms with Crippen molar-refractivity contribution < 1.29 is 19.4 Å². The third kappa shape index (κ3) is 2.16. The minimum atomic E-state index is -1.41. The van der Waals surface area contributed by atoms with E-state index in [0.717, 1.165) is 11.1 Å². The van der Waals surface area contributed by atoms with Crippen LogP contribution in [-0.2, 0) is 20.7 Å². The fourth-order valence-corrected chi connectivity index (χ4v) is 2.27. The SMILES string of the molecule is Cc1ccccc1CC1(C(=O)O)COCCC1=O. The van der Waals surface area contributed by atoms with Crippen LogP contribution in [0.4, 0.5) is 0 Å². The minimum absolute atomic E-state index is 0.0322. The molecule has 1 saturated heterocycles. The molecule has 1 heterocycles. The summed E-state index contributed by atoms with van der Waals surface area (Å²) in [5.41, 5.74) is 0.472. The smallest absolute Gasteiger partial charge is 0.319 e. The van der Waals surface area contributed by atoms with Crippen molar-refractivity contribution in [3.8, 4) is 0 Å². The van der Waals surface area contributed by atoms with Crippen molar-refractivity contribution in [3.05, 3.63) is 35.4 Å². The number of carbonyl (C=O) groups is 2. The van der Waals surface area contributed by atoms with E-state index < -0.39 is 11.4 Å². The molecule has 0 aliphatic carbocycles. The first-order chi connectivity index (χ1) is 8.56. The Balaban J connectivity index is 2.35. The van der Waals surface area contributed by atoms with Crippen LogP contribution in [0.2, 0.25) is 0 Å². The van der Waals surface area contributed by atoms with Gasteiger partial charge >= 0.3 is 5.97 Å². The molecule has 0 spiro atoms. The van der Waals surface area contributed by atoms with Crippen LogP contribution >= 0.6 is 0 Å². The highest BCUT2D eigenvalue weighted by Gasteiger charge is 2.48. The van der Waals surface area contributed by atoms with Crippen molar-refractivity contribution in [2.75, 3.05) is 13.2 Å². The molecule has 4 nitrogen and oxygen atoms in total. The number of hydrogen-bond acceptors (Lipinski definition) is 3. The highest BCUT2D eigenvalue weighted by molar-refractivity contribution is 6.04. The van der Waals surface area contributed by atoms with Gasteiger partial charge in [-0.3, -0.25) is 9.59 Å². The maximum Gasteiger partial charge on any atom is 0.319 e. The van der Waals surface area contributed by atoms with Gasteiger partial charge in [0.25, 0.3) is 0 Å². The number of Topliss-reactive ketones (excluding diaryl/α,β-unsaturated/α-hetero) is 1. The Kier molecular flexibility index (Phi) is 3.48. The van der Waals surface area contributed by atoms with E-state index in [-0.39, 0.29) is 25.2 Å². The Hall–Kier alpha value is -1.68. The van der Waals surface area contributed by atoms with Crippen LogP contribution in [0.3, 0.4) is 0 Å². The predicted octanol–water partition coefficient (Wildman–Crippen LogP) is 1.60. The van der Waals surface area contributed by atoms with Crippen LogP contribution in [0, 0.1) is 12.3 Å². The number of ether oxygens (including phenoxy) is 1. The number of ketones is 1. The second kappa shape index (κ2) is 4.90. The quantitative estimate of drug-likeness (QED) is 0.825. The van der Waals surface area contributed by atoms with Crippen molar-refractivity contribution in [2.45, 2.75) is 19.8 Å². The molecule has 1 N–H and O–H groups in total. The molecule has 1 unspecified atom stereocenters. The number of hydrogen-bond donors (Lipinski definition) is 1. The van der Waals surface area contributed by atoms with Gasteiger partial charge in [0.05, 0.1) is 13.2 Å². The highest BCUT2D eigenvalue weighted by atomic mass is 16.5. The first-order valence-electron chi connectivity index (χ1n) is 5.95. The molecule has 1 aromatic rings. The zero-order chi connectivity index (χ0) is 13.2. The number of carbonyl (C=O) groups excluding carboxylic acids is 1. The Morgan fingerprint density at radius 1 is 1.44 bits per heavy atom. The third-order valence-electron chi connectivity index (χ3n) is 3.52. The summed E-state index contributed by atoms with van der Waals surface area (Å²) in [7, 11) is 0. The van der Waals surface area contributed by atoms with E-state index in [1.165, 1.54) is 0 Å². The van der Waals surface area contributed by atoms with Crippen molar-refractivity contribution >= 4 is 11.8 Å². The average molecular weight is 248 g/mol. The third-order valence-corrected chi connectivity index (χ3v) is 3.52. The van der Waals surface area contributed by atoms with E-state index in [1.807, 2.05) is 31.2 Å². The van der Waals surface area contributed by atoms with E-state index >= 15 is 0 Å². The number of aliphatic carboxylic acids is 1. The van der Waals surface area contributed by atoms with Crippen LogP contribution < -0.4 is 0 Å². The Bertz CT molecular complexity index is 480. The van der Waals surface area contributed by atoms with Crippen LogP contribution in [0.1, 0.15) is 17.5 Å². The lowest BCUT2D eigenvalue weighted by molar-refractivity contribution is -0.164. The van der Waals surface area contributed by atoms with Gasteiger partial charge in [0.1, 0.15) is 0 Å². The molecule has 1 aliphatic rings. The van der Waals surface area contributed by atoms with Gasteiger partial charge in [-0.25, -0.2) is 0 Å². The van der Waals surface area contributed by atoms with E-state index in [4.69, 9.17) is 4.74 Å². The second-order valence-corrected chi connectivity index (χ2v) is 4.72. The normalized spacial score (nSPS) is 23.9. The summed E-state index contributed by atoms with van der Waals surface area (Å²) in [6.45, 7) is 2.20. The number of rotatable bonds is 3. The molecule has 1 atom stereocenters. The summed E-state index contributed by atoms with van der Waals surface area (Å²) in [4.78, 5) is 23.5. The van der Waals surface area contributed by atoms with Gasteiger partial charge in [-0.05, 0) is 24.5 Å². The first-order valence-corrected chi connectivity index (χ1v) is 5.95. The number of benzene rings is 1. The maximum atomic E-state index is 12.0. The zero-order valence-corrected chi connectivity index (χ0v) is 10.3. The number of carboxylic acid groups (broad SMARTS) is 1. The van der Waals surface area contributed by atoms with Crippen LogP contribution in [0.5, 0.6) is 0 Å². The van der Waals surface area contributed by atoms with Gasteiger partial charge in [-0.15, -0.1) is 0 Å². The van der Waals surface area contributed by atoms with Gasteiger partial charge in [0.15, 0.2) is 11.2 Å². The van der Waals surface area contributed by atoms with E-state index in [9.17, 15) is 14.7 Å². The Labute approximate surface area is 106 Å². The van der Waals surface area contributed by atoms with Gasteiger partial charge in [0, 0.05) is 6.42 Å². The van der Waals surface area contributed by atoms with E-state index in [2.05, 4.69) is 0 Å². The predicted molar refractivity (Wildman–Crippen MR) is 65.4 cm³/mol. The monoisotopic (exact) mass is 248 g/mol. The van der Waals surface area contributed by atoms with Crippen LogP contribution in [-0.4, -0.2) is 30.1 Å². The standard InChI is InChI=1S/C14H16O4/c1-10-4-2-3-5-11(10)8-14(13(16)17)9-18-7-6-12(14)15/h2-5H,6-9H2,1H3,(H,16,17). The first kappa shape index (κ1) is 12.8. The minimum Gasteiger partial charge on any atom is -0.480 e. The van der Waals surface area contributed by atoms with Gasteiger partial charge in [-0.2, -0.15) is 0 Å². The van der Waals surface area contributed by atoms with Gasteiger partial charge < -0.3 is 9.84 Å². The Morgan fingerprint density at radius 2 is 2.17 bits per heavy atom. The Morgan fingerprint density at radius 3 is 2.78 bits per heavy atom. The lowest BCUT2D eigenvalue weighted by Crippen LogP contribution is -2.48. The topological polar surface area (TPSA) is 63.6 Å². The van der Waals surface area contributed by atoms with Gasteiger partial charge in [-0.1, -0.05) is 24.3 Å². The average Bonchev–Trinajstić information content (AvgIpc) is 2.34. The molecule has 96 valence electrons. The van der Waals surface area contributed by atoms with Crippen molar-refractivity contribution in [3.63, 3.8) is 0 Å². The molecule has 0 bridgehead atoms. The number of carboxylic acids is 1. The second-order valence-electron chi connectivity index (χ2n) is 4.72. The summed E-state index contributed by atoms with van der Waals surface area (Å²) in [6.07, 6.45) is 0.381. The van der Waals surface area contributed by atoms with Crippen molar-refractivity contribution in [1.82, 2.24) is 0 Å². The molecule has 4 heteroatoms. The van der Waals surface area contributed by atoms with Crippen molar-refractivity contribution in [1.29, 1.82) is 0 Å². The fourth-order valence-electron chi connectivity index (χ4n) is 2.27. The van der Waals surface area contributed by atoms with E-state index in [1.54, 1.807) is 0 Å². The van der Waals surface area contributed by atoms with Crippen molar-refractivity contribution in [2.24, 2.45) is 5.41 Å². The molecule has 2 rings (SSSR count). The number of aryl methyl sites for hydroxylation is 1. The molecule has 0 radical (unpaired) electrons. The summed E-state index contributed by atoms with van der Waals surface area (Å²) in [6, 6.07) is 7.53. The summed E-state index contributed by atoms with van der Waals surface area (Å²) >= 11 is 0. The molecule has 0 aromatic heterocycles. The summed E-state index contributed by atoms with van der Waals surface area (Å²) in [5, 5.41) is 9.41. The molecule has 18 heavy (non-hydrogen) atoms. The fraction of sp³-hybridized carbons (Fsp3) is 0.429. The molecular weight excluding hydrogens is 232 g/mol. The van der Waals surface area contributed by atoms with Crippen LogP contribution in [0.25, 0.3) is 0 Å².